The van der Waals surface area contributed by atoms with Gasteiger partial charge in [0.05, 0.1) is 5.39 Å². The van der Waals surface area contributed by atoms with Crippen LogP contribution in [-0.2, 0) is 6.54 Å². The van der Waals surface area contributed by atoms with E-state index in [1.165, 1.54) is 6.33 Å². The average molecular weight is 560 g/mol. The van der Waals surface area contributed by atoms with Gasteiger partial charge in [0.1, 0.15) is 23.4 Å². The summed E-state index contributed by atoms with van der Waals surface area (Å²) >= 11 is 4.45. The summed E-state index contributed by atoms with van der Waals surface area (Å²) in [6.45, 7) is 0.806. The Labute approximate surface area is 170 Å². The smallest absolute Gasteiger partial charge is 0.258 e. The van der Waals surface area contributed by atoms with Gasteiger partial charge in [0.15, 0.2) is 11.2 Å². The van der Waals surface area contributed by atoms with E-state index in [4.69, 9.17) is 15.2 Å². The predicted octanol–water partition coefficient (Wildman–Crippen LogP) is 4.04. The Morgan fingerprint density at radius 3 is 2.92 bits per heavy atom. The number of alkyl halides is 1. The molecule has 0 aliphatic heterocycles. The molecule has 0 saturated carbocycles. The summed E-state index contributed by atoms with van der Waals surface area (Å²) in [6.07, 6.45) is 3.67. The van der Waals surface area contributed by atoms with Gasteiger partial charge in [0.2, 0.25) is 0 Å². The van der Waals surface area contributed by atoms with Gasteiger partial charge in [0.25, 0.3) is 3.90 Å². The second-order valence-corrected chi connectivity index (χ2v) is 7.58. The molecule has 3 aromatic heterocycles. The van der Waals surface area contributed by atoms with E-state index in [0.717, 1.165) is 57.2 Å². The summed E-state index contributed by atoms with van der Waals surface area (Å²) in [5, 5.41) is 5.56. The highest BCUT2D eigenvalue weighted by atomic mass is 127. The summed E-state index contributed by atoms with van der Waals surface area (Å²) in [4.78, 5) is 12.9. The zero-order chi connectivity index (χ0) is 17.4. The third-order valence-electron chi connectivity index (χ3n) is 3.95. The van der Waals surface area contributed by atoms with Crippen molar-refractivity contribution in [1.82, 2.24) is 24.7 Å². The number of fused-ring (bicyclic) bond motifs is 2. The van der Waals surface area contributed by atoms with E-state index < -0.39 is 0 Å². The molecule has 0 amide bonds. The standard InChI is InChI=1S/C16H14I2N6O/c17-5-1-2-6-24-15-12(14(19)20-8-21-15)13(23-24)9-3-4-11-10(7-9)22-16(18)25-11/h3-4,7-8H,1-2,5-6H2,(H2,19,20,21). The van der Waals surface area contributed by atoms with Crippen LogP contribution in [0.4, 0.5) is 5.82 Å². The molecule has 0 aliphatic carbocycles. The number of oxazole rings is 1. The fourth-order valence-corrected chi connectivity index (χ4v) is 3.83. The summed E-state index contributed by atoms with van der Waals surface area (Å²) < 4.78 is 9.20. The van der Waals surface area contributed by atoms with Crippen LogP contribution in [0, 0.1) is 3.90 Å². The summed E-state index contributed by atoms with van der Waals surface area (Å²) in [6, 6.07) is 5.83. The highest BCUT2D eigenvalue weighted by molar-refractivity contribution is 14.1. The Hall–Kier alpha value is -1.50. The maximum absolute atomic E-state index is 6.14. The summed E-state index contributed by atoms with van der Waals surface area (Å²) in [7, 11) is 0. The number of nitrogen functional groups attached to an aromatic ring is 1. The number of nitrogens with two attached hydrogens (primary N) is 1. The van der Waals surface area contributed by atoms with Gasteiger partial charge in [0, 0.05) is 34.7 Å². The molecule has 128 valence electrons. The zero-order valence-corrected chi connectivity index (χ0v) is 17.4. The molecule has 4 aromatic rings. The van der Waals surface area contributed by atoms with Crippen molar-refractivity contribution in [3.63, 3.8) is 0 Å². The van der Waals surface area contributed by atoms with Crippen LogP contribution in [0.3, 0.4) is 0 Å². The Balaban J connectivity index is 1.87. The number of halogens is 2. The molecule has 0 spiro atoms. The molecule has 0 bridgehead atoms. The third-order valence-corrected chi connectivity index (χ3v) is 5.17. The lowest BCUT2D eigenvalue weighted by Gasteiger charge is -2.01. The fourth-order valence-electron chi connectivity index (χ4n) is 2.79. The molecule has 0 aliphatic rings. The Morgan fingerprint density at radius 1 is 1.20 bits per heavy atom. The number of anilines is 1. The average Bonchev–Trinajstić information content (AvgIpc) is 3.15. The van der Waals surface area contributed by atoms with Crippen molar-refractivity contribution < 1.29 is 4.42 Å². The van der Waals surface area contributed by atoms with Crippen LogP contribution in [0.5, 0.6) is 0 Å². The number of nitrogens with zero attached hydrogens (tertiary/aromatic N) is 5. The highest BCUT2D eigenvalue weighted by Gasteiger charge is 2.17. The van der Waals surface area contributed by atoms with Crippen molar-refractivity contribution in [2.24, 2.45) is 0 Å². The maximum atomic E-state index is 6.14. The highest BCUT2D eigenvalue weighted by Crippen LogP contribution is 2.32. The van der Waals surface area contributed by atoms with Crippen LogP contribution in [0.2, 0.25) is 0 Å². The van der Waals surface area contributed by atoms with Crippen LogP contribution in [0.1, 0.15) is 12.8 Å². The number of hydrogen-bond acceptors (Lipinski definition) is 6. The van der Waals surface area contributed by atoms with E-state index in [-0.39, 0.29) is 0 Å². The van der Waals surface area contributed by atoms with Crippen LogP contribution in [-0.4, -0.2) is 29.2 Å². The lowest BCUT2D eigenvalue weighted by Crippen LogP contribution is -2.02. The van der Waals surface area contributed by atoms with E-state index >= 15 is 0 Å². The van der Waals surface area contributed by atoms with E-state index in [1.807, 2.05) is 22.9 Å². The summed E-state index contributed by atoms with van der Waals surface area (Å²) in [5.41, 5.74) is 10.2. The van der Waals surface area contributed by atoms with E-state index in [0.29, 0.717) is 9.72 Å². The minimum Gasteiger partial charge on any atom is -0.432 e. The van der Waals surface area contributed by atoms with Gasteiger partial charge in [-0.1, -0.05) is 22.6 Å². The van der Waals surface area contributed by atoms with E-state index in [1.54, 1.807) is 0 Å². The van der Waals surface area contributed by atoms with Crippen molar-refractivity contribution >= 4 is 73.1 Å². The molecule has 4 rings (SSSR count). The Morgan fingerprint density at radius 2 is 2.08 bits per heavy atom. The van der Waals surface area contributed by atoms with E-state index in [2.05, 4.69) is 60.1 Å². The number of aromatic nitrogens is 5. The Kier molecular flexibility index (Phi) is 4.75. The number of aryl methyl sites for hydroxylation is 1. The van der Waals surface area contributed by atoms with Crippen molar-refractivity contribution in [3.05, 3.63) is 28.4 Å². The van der Waals surface area contributed by atoms with Gasteiger partial charge in [-0.3, -0.25) is 0 Å². The Bertz CT molecular complexity index is 1060. The van der Waals surface area contributed by atoms with Gasteiger partial charge in [-0.15, -0.1) is 0 Å². The monoisotopic (exact) mass is 560 g/mol. The second kappa shape index (κ2) is 7.02. The molecular formula is C16H14I2N6O. The van der Waals surface area contributed by atoms with E-state index in [9.17, 15) is 0 Å². The molecule has 3 heterocycles. The molecular weight excluding hydrogens is 546 g/mol. The molecule has 0 unspecified atom stereocenters. The van der Waals surface area contributed by atoms with Crippen LogP contribution >= 0.6 is 45.2 Å². The topological polar surface area (TPSA) is 95.7 Å². The maximum Gasteiger partial charge on any atom is 0.258 e. The largest absolute Gasteiger partial charge is 0.432 e. The van der Waals surface area contributed by atoms with Gasteiger partial charge < -0.3 is 10.2 Å². The van der Waals surface area contributed by atoms with Crippen molar-refractivity contribution in [1.29, 1.82) is 0 Å². The van der Waals surface area contributed by atoms with Gasteiger partial charge in [-0.05, 0) is 35.5 Å². The predicted molar refractivity (Wildman–Crippen MR) is 114 cm³/mol. The first-order chi connectivity index (χ1) is 12.2. The van der Waals surface area contributed by atoms with Crippen molar-refractivity contribution in [3.8, 4) is 11.3 Å². The number of unbranched alkanes of at least 4 members (excludes halogenated alkanes) is 1. The lowest BCUT2D eigenvalue weighted by atomic mass is 10.1. The quantitative estimate of drug-likeness (QED) is 0.225. The van der Waals surface area contributed by atoms with Gasteiger partial charge in [-0.2, -0.15) is 5.10 Å². The lowest BCUT2D eigenvalue weighted by molar-refractivity contribution is 0.566. The zero-order valence-electron chi connectivity index (χ0n) is 13.1. The molecule has 7 nitrogen and oxygen atoms in total. The molecule has 25 heavy (non-hydrogen) atoms. The second-order valence-electron chi connectivity index (χ2n) is 5.57. The van der Waals surface area contributed by atoms with Crippen LogP contribution < -0.4 is 5.73 Å². The first kappa shape index (κ1) is 16.9. The number of rotatable bonds is 5. The molecule has 0 saturated heterocycles. The molecule has 0 atom stereocenters. The minimum atomic E-state index is 0.440. The molecule has 0 radical (unpaired) electrons. The number of hydrogen-bond donors (Lipinski definition) is 1. The fraction of sp³-hybridized carbons (Fsp3) is 0.250. The van der Waals surface area contributed by atoms with Crippen LogP contribution in [0.15, 0.2) is 28.9 Å². The molecule has 1 aromatic carbocycles. The summed E-state index contributed by atoms with van der Waals surface area (Å²) in [5.74, 6) is 0.440. The third kappa shape index (κ3) is 3.18. The van der Waals surface area contributed by atoms with Crippen LogP contribution in [0.25, 0.3) is 33.4 Å². The normalized spacial score (nSPS) is 11.6. The molecule has 2 N–H and O–H groups in total. The SMILES string of the molecule is Nc1ncnc2c1c(-c1ccc3oc(I)nc3c1)nn2CCCCI. The van der Waals surface area contributed by atoms with Gasteiger partial charge in [-0.25, -0.2) is 19.6 Å². The molecule has 9 heteroatoms. The molecule has 0 fully saturated rings. The van der Waals surface area contributed by atoms with Crippen molar-refractivity contribution in [2.75, 3.05) is 10.2 Å². The van der Waals surface area contributed by atoms with Crippen molar-refractivity contribution in [2.45, 2.75) is 19.4 Å². The van der Waals surface area contributed by atoms with Gasteiger partial charge >= 0.3 is 0 Å². The first-order valence-corrected chi connectivity index (χ1v) is 10.4. The minimum absolute atomic E-state index is 0.440. The number of benzene rings is 1. The first-order valence-electron chi connectivity index (χ1n) is 7.77.